The number of aliphatic imine (C=N–C) groups is 1. The van der Waals surface area contributed by atoms with E-state index in [1.807, 2.05) is 24.3 Å². The van der Waals surface area contributed by atoms with E-state index in [4.69, 9.17) is 13.9 Å². The van der Waals surface area contributed by atoms with Crippen LogP contribution in [-0.4, -0.2) is 38.3 Å². The maximum absolute atomic E-state index is 5.53. The Morgan fingerprint density at radius 3 is 2.96 bits per heavy atom. The van der Waals surface area contributed by atoms with Gasteiger partial charge in [-0.05, 0) is 24.6 Å². The highest BCUT2D eigenvalue weighted by molar-refractivity contribution is 5.79. The number of hydrogen-bond acceptors (Lipinski definition) is 5. The highest BCUT2D eigenvalue weighted by Crippen LogP contribution is 2.12. The summed E-state index contributed by atoms with van der Waals surface area (Å²) in [6, 6.07) is 7.60. The highest BCUT2D eigenvalue weighted by atomic mass is 16.5. The van der Waals surface area contributed by atoms with Crippen molar-refractivity contribution in [2.24, 2.45) is 4.99 Å². The molecule has 0 saturated heterocycles. The lowest BCUT2D eigenvalue weighted by molar-refractivity contribution is 0.105. The van der Waals surface area contributed by atoms with Crippen molar-refractivity contribution in [3.8, 4) is 5.88 Å². The lowest BCUT2D eigenvalue weighted by atomic mass is 10.2. The molecule has 0 aromatic carbocycles. The van der Waals surface area contributed by atoms with Gasteiger partial charge in [0.05, 0.1) is 13.4 Å². The van der Waals surface area contributed by atoms with Gasteiger partial charge in [0.25, 0.3) is 0 Å². The molecule has 0 unspecified atom stereocenters. The van der Waals surface area contributed by atoms with Crippen LogP contribution in [0.5, 0.6) is 5.88 Å². The Balaban J connectivity index is 1.62. The fourth-order valence-corrected chi connectivity index (χ4v) is 2.09. The summed E-state index contributed by atoms with van der Waals surface area (Å²) in [6.45, 7) is 2.51. The number of furan rings is 1. The maximum Gasteiger partial charge on any atom is 0.218 e. The van der Waals surface area contributed by atoms with E-state index in [1.165, 1.54) is 0 Å². The summed E-state index contributed by atoms with van der Waals surface area (Å²) in [5, 5.41) is 6.48. The molecule has 7 nitrogen and oxygen atoms in total. The molecule has 0 atom stereocenters. The largest absolute Gasteiger partial charge is 0.481 e. The van der Waals surface area contributed by atoms with Crippen LogP contribution < -0.4 is 15.4 Å². The van der Waals surface area contributed by atoms with Crippen LogP contribution in [0.2, 0.25) is 0 Å². The Morgan fingerprint density at radius 2 is 2.21 bits per heavy atom. The second-order valence-corrected chi connectivity index (χ2v) is 5.01. The van der Waals surface area contributed by atoms with E-state index in [0.717, 1.165) is 30.2 Å². The average Bonchev–Trinajstić information content (AvgIpc) is 3.14. The van der Waals surface area contributed by atoms with Crippen molar-refractivity contribution in [2.75, 3.05) is 27.3 Å². The number of methoxy groups -OCH3 is 1. The van der Waals surface area contributed by atoms with Crippen molar-refractivity contribution >= 4 is 5.96 Å². The lowest BCUT2D eigenvalue weighted by Gasteiger charge is -2.13. The summed E-state index contributed by atoms with van der Waals surface area (Å²) in [7, 11) is 3.35. The molecule has 2 rings (SSSR count). The molecule has 0 aliphatic carbocycles. The van der Waals surface area contributed by atoms with Crippen LogP contribution in [-0.2, 0) is 17.9 Å². The monoisotopic (exact) mass is 332 g/mol. The van der Waals surface area contributed by atoms with E-state index in [1.54, 1.807) is 26.6 Å². The second kappa shape index (κ2) is 10.3. The zero-order valence-electron chi connectivity index (χ0n) is 14.1. The van der Waals surface area contributed by atoms with Gasteiger partial charge in [0, 0.05) is 38.5 Å². The highest BCUT2D eigenvalue weighted by Gasteiger charge is 2.04. The minimum absolute atomic E-state index is 0.501. The van der Waals surface area contributed by atoms with Crippen LogP contribution in [0.15, 0.2) is 46.1 Å². The van der Waals surface area contributed by atoms with Crippen molar-refractivity contribution in [3.05, 3.63) is 48.0 Å². The van der Waals surface area contributed by atoms with E-state index in [-0.39, 0.29) is 0 Å². The number of rotatable bonds is 9. The van der Waals surface area contributed by atoms with Crippen LogP contribution in [0.4, 0.5) is 0 Å². The number of nitrogens with zero attached hydrogens (tertiary/aromatic N) is 2. The van der Waals surface area contributed by atoms with Gasteiger partial charge in [0.15, 0.2) is 5.96 Å². The van der Waals surface area contributed by atoms with E-state index in [9.17, 15) is 0 Å². The Bertz CT molecular complexity index is 614. The molecule has 0 saturated carbocycles. The van der Waals surface area contributed by atoms with Crippen molar-refractivity contribution in [1.82, 2.24) is 15.6 Å². The summed E-state index contributed by atoms with van der Waals surface area (Å²) in [6.07, 6.45) is 4.23. The molecule has 0 spiro atoms. The van der Waals surface area contributed by atoms with Crippen LogP contribution in [0, 0.1) is 0 Å². The Kier molecular flexibility index (Phi) is 7.62. The first-order valence-corrected chi connectivity index (χ1v) is 7.86. The molecule has 2 aromatic rings. The number of aromatic nitrogens is 1. The first-order chi connectivity index (χ1) is 11.8. The van der Waals surface area contributed by atoms with Gasteiger partial charge in [-0.15, -0.1) is 0 Å². The van der Waals surface area contributed by atoms with Gasteiger partial charge in [-0.25, -0.2) is 4.98 Å². The van der Waals surface area contributed by atoms with Gasteiger partial charge < -0.3 is 24.5 Å². The Morgan fingerprint density at radius 1 is 1.29 bits per heavy atom. The second-order valence-electron chi connectivity index (χ2n) is 5.01. The van der Waals surface area contributed by atoms with Gasteiger partial charge >= 0.3 is 0 Å². The first kappa shape index (κ1) is 17.8. The minimum atomic E-state index is 0.501. The molecule has 0 amide bonds. The molecule has 24 heavy (non-hydrogen) atoms. The molecule has 0 fully saturated rings. The van der Waals surface area contributed by atoms with E-state index in [0.29, 0.717) is 25.6 Å². The summed E-state index contributed by atoms with van der Waals surface area (Å²) < 4.78 is 16.0. The standard InChI is InChI=1S/C17H24N4O3/c1-18-17(21-12-14-6-3-8-19-16(14)22-2)20-9-5-10-23-13-15-7-4-11-24-15/h3-4,6-8,11H,5,9-10,12-13H2,1-2H3,(H2,18,20,21). The van der Waals surface area contributed by atoms with Gasteiger partial charge in [-0.2, -0.15) is 0 Å². The van der Waals surface area contributed by atoms with Gasteiger partial charge in [-0.1, -0.05) is 6.07 Å². The number of nitrogens with one attached hydrogen (secondary N) is 2. The Labute approximate surface area is 142 Å². The first-order valence-electron chi connectivity index (χ1n) is 7.86. The van der Waals surface area contributed by atoms with Crippen LogP contribution in [0.25, 0.3) is 0 Å². The van der Waals surface area contributed by atoms with E-state index < -0.39 is 0 Å². The molecule has 0 bridgehead atoms. The SMILES string of the molecule is CN=C(NCCCOCc1ccco1)NCc1cccnc1OC. The van der Waals surface area contributed by atoms with E-state index in [2.05, 4.69) is 20.6 Å². The van der Waals surface area contributed by atoms with Crippen molar-refractivity contribution in [2.45, 2.75) is 19.6 Å². The number of pyridine rings is 1. The third kappa shape index (κ3) is 5.92. The molecular weight excluding hydrogens is 308 g/mol. The van der Waals surface area contributed by atoms with Crippen LogP contribution >= 0.6 is 0 Å². The quantitative estimate of drug-likeness (QED) is 0.415. The molecular formula is C17H24N4O3. The maximum atomic E-state index is 5.53. The predicted molar refractivity (Wildman–Crippen MR) is 92.0 cm³/mol. The summed E-state index contributed by atoms with van der Waals surface area (Å²) in [5.74, 6) is 2.18. The minimum Gasteiger partial charge on any atom is -0.481 e. The molecule has 7 heteroatoms. The van der Waals surface area contributed by atoms with Gasteiger partial charge in [0.1, 0.15) is 12.4 Å². The summed E-state index contributed by atoms with van der Waals surface area (Å²) in [4.78, 5) is 8.37. The van der Waals surface area contributed by atoms with Crippen molar-refractivity contribution in [3.63, 3.8) is 0 Å². The third-order valence-corrected chi connectivity index (χ3v) is 3.30. The van der Waals surface area contributed by atoms with Crippen LogP contribution in [0.1, 0.15) is 17.7 Å². The van der Waals surface area contributed by atoms with Crippen molar-refractivity contribution in [1.29, 1.82) is 0 Å². The third-order valence-electron chi connectivity index (χ3n) is 3.30. The molecule has 130 valence electrons. The zero-order valence-corrected chi connectivity index (χ0v) is 14.1. The lowest BCUT2D eigenvalue weighted by Crippen LogP contribution is -2.37. The van der Waals surface area contributed by atoms with Gasteiger partial charge in [0.2, 0.25) is 5.88 Å². The molecule has 0 aliphatic heterocycles. The van der Waals surface area contributed by atoms with Crippen molar-refractivity contribution < 1.29 is 13.9 Å². The zero-order chi connectivity index (χ0) is 17.0. The van der Waals surface area contributed by atoms with Gasteiger partial charge in [-0.3, -0.25) is 4.99 Å². The molecule has 0 aliphatic rings. The molecule has 0 radical (unpaired) electrons. The molecule has 2 N–H and O–H groups in total. The normalized spacial score (nSPS) is 11.3. The average molecular weight is 332 g/mol. The fraction of sp³-hybridized carbons (Fsp3) is 0.412. The molecule has 2 aromatic heterocycles. The predicted octanol–water partition coefficient (Wildman–Crippen LogP) is 1.96. The molecule has 2 heterocycles. The fourth-order valence-electron chi connectivity index (χ4n) is 2.09. The van der Waals surface area contributed by atoms with E-state index >= 15 is 0 Å². The summed E-state index contributed by atoms with van der Waals surface area (Å²) in [5.41, 5.74) is 0.977. The number of ether oxygens (including phenoxy) is 2. The Hall–Kier alpha value is -2.54. The number of hydrogen-bond donors (Lipinski definition) is 2. The summed E-state index contributed by atoms with van der Waals surface area (Å²) >= 11 is 0. The topological polar surface area (TPSA) is 80.9 Å². The van der Waals surface area contributed by atoms with Crippen LogP contribution in [0.3, 0.4) is 0 Å². The smallest absolute Gasteiger partial charge is 0.218 e. The number of guanidine groups is 1.